The molecule has 0 fully saturated rings. The maximum Gasteiger partial charge on any atom is 0.123 e. The molecular weight excluding hydrogens is 385 g/mol. The first kappa shape index (κ1) is 14.1. The molecule has 0 amide bonds. The zero-order valence-electron chi connectivity index (χ0n) is 10.7. The average molecular weight is 394 g/mol. The van der Waals surface area contributed by atoms with Gasteiger partial charge in [-0.15, -0.1) is 0 Å². The Morgan fingerprint density at radius 1 is 0.714 bits per heavy atom. The highest BCUT2D eigenvalue weighted by molar-refractivity contribution is 14.1. The molecule has 0 atom stereocenters. The first-order valence-electron chi connectivity index (χ1n) is 6.18. The molecule has 0 aliphatic rings. The zero-order chi connectivity index (χ0) is 14.8. The third kappa shape index (κ3) is 3.07. The Morgan fingerprint density at radius 3 is 1.71 bits per heavy atom. The van der Waals surface area contributed by atoms with E-state index in [1.807, 2.05) is 0 Å². The summed E-state index contributed by atoms with van der Waals surface area (Å²) in [5.74, 6) is -0.610. The molecule has 0 aliphatic heterocycles. The topological polar surface area (TPSA) is 25.8 Å². The van der Waals surface area contributed by atoms with E-state index in [1.165, 1.54) is 24.3 Å². The molecule has 3 aromatic rings. The van der Waals surface area contributed by atoms with Crippen LogP contribution in [0.15, 0.2) is 54.7 Å². The Balaban J connectivity index is 2.17. The van der Waals surface area contributed by atoms with Gasteiger partial charge in [0.25, 0.3) is 0 Å². The van der Waals surface area contributed by atoms with Gasteiger partial charge in [0.05, 0.1) is 17.6 Å². The predicted octanol–water partition coefficient (Wildman–Crippen LogP) is 4.69. The van der Waals surface area contributed by atoms with Crippen molar-refractivity contribution in [1.82, 2.24) is 9.97 Å². The highest BCUT2D eigenvalue weighted by Crippen LogP contribution is 2.29. The zero-order valence-corrected chi connectivity index (χ0v) is 12.9. The van der Waals surface area contributed by atoms with Crippen LogP contribution in [-0.2, 0) is 0 Å². The fourth-order valence-corrected chi connectivity index (χ4v) is 2.38. The van der Waals surface area contributed by atoms with Crippen molar-refractivity contribution >= 4 is 22.6 Å². The lowest BCUT2D eigenvalue weighted by Crippen LogP contribution is -1.95. The number of aromatic nitrogens is 2. The summed E-state index contributed by atoms with van der Waals surface area (Å²) in [6.45, 7) is 0. The molecule has 21 heavy (non-hydrogen) atoms. The van der Waals surface area contributed by atoms with E-state index in [0.29, 0.717) is 11.4 Å². The van der Waals surface area contributed by atoms with E-state index in [1.54, 1.807) is 30.5 Å². The Kier molecular flexibility index (Phi) is 3.92. The van der Waals surface area contributed by atoms with E-state index < -0.39 is 0 Å². The van der Waals surface area contributed by atoms with Crippen molar-refractivity contribution in [1.29, 1.82) is 0 Å². The van der Waals surface area contributed by atoms with Crippen molar-refractivity contribution in [3.8, 4) is 22.5 Å². The van der Waals surface area contributed by atoms with Crippen LogP contribution in [0.2, 0.25) is 0 Å². The van der Waals surface area contributed by atoms with Gasteiger partial charge in [0, 0.05) is 11.1 Å². The Labute approximate surface area is 134 Å². The maximum atomic E-state index is 13.1. The second-order valence-corrected chi connectivity index (χ2v) is 5.51. The molecule has 0 aliphatic carbocycles. The van der Waals surface area contributed by atoms with Crippen LogP contribution < -0.4 is 0 Å². The van der Waals surface area contributed by atoms with Gasteiger partial charge in [-0.1, -0.05) is 0 Å². The molecule has 0 spiro atoms. The van der Waals surface area contributed by atoms with Crippen LogP contribution in [0.1, 0.15) is 0 Å². The molecule has 0 saturated heterocycles. The van der Waals surface area contributed by atoms with Crippen LogP contribution in [0.3, 0.4) is 0 Å². The number of rotatable bonds is 2. The van der Waals surface area contributed by atoms with Crippen molar-refractivity contribution in [2.24, 2.45) is 0 Å². The molecule has 2 nitrogen and oxygen atoms in total. The lowest BCUT2D eigenvalue weighted by molar-refractivity contribution is 0.627. The fraction of sp³-hybridized carbons (Fsp3) is 0. The molecule has 0 saturated carbocycles. The first-order valence-corrected chi connectivity index (χ1v) is 7.26. The number of hydrogen-bond donors (Lipinski definition) is 0. The van der Waals surface area contributed by atoms with Crippen molar-refractivity contribution < 1.29 is 8.78 Å². The van der Waals surface area contributed by atoms with Crippen LogP contribution in [0.4, 0.5) is 8.78 Å². The minimum absolute atomic E-state index is 0.305. The number of hydrogen-bond acceptors (Lipinski definition) is 2. The predicted molar refractivity (Wildman–Crippen MR) is 85.5 cm³/mol. The summed E-state index contributed by atoms with van der Waals surface area (Å²) in [6.07, 6.45) is 1.65. The Morgan fingerprint density at radius 2 is 1.19 bits per heavy atom. The van der Waals surface area contributed by atoms with E-state index in [9.17, 15) is 8.78 Å². The molecule has 3 rings (SSSR count). The van der Waals surface area contributed by atoms with Gasteiger partial charge in [0.2, 0.25) is 0 Å². The largest absolute Gasteiger partial charge is 0.251 e. The normalized spacial score (nSPS) is 10.6. The summed E-state index contributed by atoms with van der Waals surface area (Å²) in [5, 5.41) is 0. The minimum Gasteiger partial charge on any atom is -0.251 e. The summed E-state index contributed by atoms with van der Waals surface area (Å²) in [6, 6.07) is 12.1. The molecule has 5 heteroatoms. The van der Waals surface area contributed by atoms with E-state index in [-0.39, 0.29) is 11.6 Å². The van der Waals surface area contributed by atoms with Gasteiger partial charge in [-0.25, -0.2) is 13.8 Å². The SMILES string of the molecule is Fc1ccc(-c2ncc(I)nc2-c2ccc(F)cc2)cc1. The minimum atomic E-state index is -0.305. The molecule has 1 aromatic heterocycles. The Hall–Kier alpha value is -1.89. The van der Waals surface area contributed by atoms with Crippen molar-refractivity contribution in [2.75, 3.05) is 0 Å². The van der Waals surface area contributed by atoms with Crippen molar-refractivity contribution in [3.63, 3.8) is 0 Å². The van der Waals surface area contributed by atoms with Crippen LogP contribution >= 0.6 is 22.6 Å². The Bertz CT molecular complexity index is 771. The van der Waals surface area contributed by atoms with E-state index in [4.69, 9.17) is 0 Å². The number of benzene rings is 2. The van der Waals surface area contributed by atoms with Crippen molar-refractivity contribution in [3.05, 3.63) is 70.1 Å². The highest BCUT2D eigenvalue weighted by Gasteiger charge is 2.12. The third-order valence-electron chi connectivity index (χ3n) is 2.98. The van der Waals surface area contributed by atoms with E-state index >= 15 is 0 Å². The molecule has 0 N–H and O–H groups in total. The summed E-state index contributed by atoms with van der Waals surface area (Å²) in [7, 11) is 0. The van der Waals surface area contributed by atoms with Crippen LogP contribution in [0, 0.1) is 15.3 Å². The number of halogens is 3. The van der Waals surface area contributed by atoms with Crippen molar-refractivity contribution in [2.45, 2.75) is 0 Å². The molecule has 0 radical (unpaired) electrons. The standard InChI is InChI=1S/C16H9F2IN2/c17-12-5-1-10(2-6-12)15-16(21-14(19)9-20-15)11-3-7-13(18)8-4-11/h1-9H. The molecular formula is C16H9F2IN2. The number of nitrogens with zero attached hydrogens (tertiary/aromatic N) is 2. The van der Waals surface area contributed by atoms with Gasteiger partial charge in [0.1, 0.15) is 15.3 Å². The van der Waals surface area contributed by atoms with Gasteiger partial charge in [-0.2, -0.15) is 0 Å². The monoisotopic (exact) mass is 394 g/mol. The fourth-order valence-electron chi connectivity index (χ4n) is 2.00. The molecule has 2 aromatic carbocycles. The maximum absolute atomic E-state index is 13.1. The van der Waals surface area contributed by atoms with Gasteiger partial charge in [0.15, 0.2) is 0 Å². The summed E-state index contributed by atoms with van der Waals surface area (Å²) >= 11 is 2.07. The van der Waals surface area contributed by atoms with Crippen LogP contribution in [-0.4, -0.2) is 9.97 Å². The molecule has 104 valence electrons. The van der Waals surface area contributed by atoms with Gasteiger partial charge >= 0.3 is 0 Å². The van der Waals surface area contributed by atoms with E-state index in [2.05, 4.69) is 32.6 Å². The van der Waals surface area contributed by atoms with Gasteiger partial charge in [-0.05, 0) is 71.1 Å². The summed E-state index contributed by atoms with van der Waals surface area (Å²) < 4.78 is 26.9. The second kappa shape index (κ2) is 5.85. The second-order valence-electron chi connectivity index (χ2n) is 4.40. The first-order chi connectivity index (χ1) is 10.1. The quantitative estimate of drug-likeness (QED) is 0.590. The molecule has 0 unspecified atom stereocenters. The average Bonchev–Trinajstić information content (AvgIpc) is 2.49. The lowest BCUT2D eigenvalue weighted by Gasteiger charge is -2.09. The highest BCUT2D eigenvalue weighted by atomic mass is 127. The van der Waals surface area contributed by atoms with Crippen LogP contribution in [0.5, 0.6) is 0 Å². The van der Waals surface area contributed by atoms with Gasteiger partial charge < -0.3 is 0 Å². The molecule has 0 bridgehead atoms. The molecule has 1 heterocycles. The van der Waals surface area contributed by atoms with Gasteiger partial charge in [-0.3, -0.25) is 4.98 Å². The smallest absolute Gasteiger partial charge is 0.123 e. The lowest BCUT2D eigenvalue weighted by atomic mass is 10.0. The summed E-state index contributed by atoms with van der Waals surface area (Å²) in [5.41, 5.74) is 2.82. The van der Waals surface area contributed by atoms with Crippen LogP contribution in [0.25, 0.3) is 22.5 Å². The third-order valence-corrected chi connectivity index (χ3v) is 3.50. The van der Waals surface area contributed by atoms with E-state index in [0.717, 1.165) is 14.8 Å². The summed E-state index contributed by atoms with van der Waals surface area (Å²) in [4.78, 5) is 8.87.